The van der Waals surface area contributed by atoms with Gasteiger partial charge in [-0.3, -0.25) is 0 Å². The number of fused-ring (bicyclic) bond motifs is 1. The Labute approximate surface area is 219 Å². The molecule has 1 saturated heterocycles. The molecule has 0 saturated carbocycles. The van der Waals surface area contributed by atoms with E-state index in [4.69, 9.17) is 4.42 Å². The smallest absolute Gasteiger partial charge is 0.175 e. The van der Waals surface area contributed by atoms with Gasteiger partial charge in [-0.05, 0) is 66.4 Å². The third kappa shape index (κ3) is 6.08. The van der Waals surface area contributed by atoms with Crippen LogP contribution in [0.5, 0.6) is 0 Å². The van der Waals surface area contributed by atoms with Gasteiger partial charge in [0.15, 0.2) is 9.84 Å². The van der Waals surface area contributed by atoms with E-state index in [1.165, 1.54) is 11.8 Å². The lowest BCUT2D eigenvalue weighted by Gasteiger charge is -2.34. The highest BCUT2D eigenvalue weighted by Crippen LogP contribution is 2.30. The molecular formula is C27H30Cl2N2O3S. The molecule has 0 radical (unpaired) electrons. The van der Waals surface area contributed by atoms with Crippen LogP contribution in [0.1, 0.15) is 30.0 Å². The highest BCUT2D eigenvalue weighted by Gasteiger charge is 2.26. The maximum atomic E-state index is 11.8. The molecule has 35 heavy (non-hydrogen) atoms. The van der Waals surface area contributed by atoms with Crippen LogP contribution in [0.25, 0.3) is 22.1 Å². The molecule has 4 aromatic rings. The molecule has 2 atom stereocenters. The Kier molecular flexibility index (Phi) is 9.02. The lowest BCUT2D eigenvalue weighted by Crippen LogP contribution is -2.45. The summed E-state index contributed by atoms with van der Waals surface area (Å²) in [5, 5.41) is 8.49. The lowest BCUT2D eigenvalue weighted by molar-refractivity contribution is 0.304. The van der Waals surface area contributed by atoms with Gasteiger partial charge < -0.3 is 15.1 Å². The molecule has 186 valence electrons. The van der Waals surface area contributed by atoms with E-state index in [9.17, 15) is 8.42 Å². The molecule has 1 aromatic heterocycles. The van der Waals surface area contributed by atoms with Crippen molar-refractivity contribution in [3.05, 3.63) is 90.2 Å². The molecule has 1 aliphatic heterocycles. The lowest BCUT2D eigenvalue weighted by atomic mass is 9.92. The van der Waals surface area contributed by atoms with Crippen LogP contribution in [0.4, 0.5) is 0 Å². The summed E-state index contributed by atoms with van der Waals surface area (Å²) >= 11 is 0. The van der Waals surface area contributed by atoms with E-state index in [1.807, 2.05) is 18.2 Å². The van der Waals surface area contributed by atoms with Crippen LogP contribution in [-0.4, -0.2) is 27.3 Å². The minimum atomic E-state index is -3.22. The Morgan fingerprint density at radius 3 is 2.43 bits per heavy atom. The Bertz CT molecular complexity index is 1360. The summed E-state index contributed by atoms with van der Waals surface area (Å²) in [5.74, 6) is 0. The largest absolute Gasteiger partial charge is 0.464 e. The maximum Gasteiger partial charge on any atom is 0.175 e. The molecule has 0 unspecified atom stereocenters. The zero-order valence-corrected chi connectivity index (χ0v) is 21.9. The SMILES string of the molecule is CS(=O)(=O)c1ccc(-c2cc(CN[C@H]3CCCN[C@H]3c3ccccc3)c3occc3c2)cc1.Cl.Cl. The number of nitrogens with one attached hydrogen (secondary N) is 2. The number of benzene rings is 3. The van der Waals surface area contributed by atoms with E-state index in [1.54, 1.807) is 18.4 Å². The van der Waals surface area contributed by atoms with Crippen molar-refractivity contribution in [2.75, 3.05) is 12.8 Å². The van der Waals surface area contributed by atoms with Gasteiger partial charge >= 0.3 is 0 Å². The van der Waals surface area contributed by atoms with Crippen molar-refractivity contribution in [1.29, 1.82) is 0 Å². The first-order valence-electron chi connectivity index (χ1n) is 11.3. The molecule has 2 N–H and O–H groups in total. The van der Waals surface area contributed by atoms with Gasteiger partial charge in [0.25, 0.3) is 0 Å². The second-order valence-corrected chi connectivity index (χ2v) is 10.8. The normalized spacial score (nSPS) is 18.0. The minimum Gasteiger partial charge on any atom is -0.464 e. The predicted molar refractivity (Wildman–Crippen MR) is 146 cm³/mol. The fourth-order valence-corrected chi connectivity index (χ4v) is 5.34. The van der Waals surface area contributed by atoms with E-state index in [0.29, 0.717) is 17.5 Å². The van der Waals surface area contributed by atoms with E-state index in [-0.39, 0.29) is 30.9 Å². The van der Waals surface area contributed by atoms with Gasteiger partial charge in [-0.2, -0.15) is 0 Å². The van der Waals surface area contributed by atoms with Crippen LogP contribution in [0.2, 0.25) is 0 Å². The molecule has 0 bridgehead atoms. The summed E-state index contributed by atoms with van der Waals surface area (Å²) < 4.78 is 29.4. The number of rotatable bonds is 6. The molecule has 0 amide bonds. The summed E-state index contributed by atoms with van der Waals surface area (Å²) in [6.45, 7) is 1.72. The van der Waals surface area contributed by atoms with Gasteiger partial charge in [0.2, 0.25) is 0 Å². The minimum absolute atomic E-state index is 0. The maximum absolute atomic E-state index is 11.8. The van der Waals surface area contributed by atoms with Crippen LogP contribution < -0.4 is 10.6 Å². The van der Waals surface area contributed by atoms with Crippen LogP contribution in [-0.2, 0) is 16.4 Å². The quantitative estimate of drug-likeness (QED) is 0.322. The average molecular weight is 534 g/mol. The first-order chi connectivity index (χ1) is 16.0. The number of sulfone groups is 1. The zero-order valence-electron chi connectivity index (χ0n) is 19.4. The van der Waals surface area contributed by atoms with E-state index >= 15 is 0 Å². The van der Waals surface area contributed by atoms with Crippen LogP contribution in [0.15, 0.2) is 88.4 Å². The molecule has 0 aliphatic carbocycles. The Morgan fingerprint density at radius 2 is 1.71 bits per heavy atom. The summed E-state index contributed by atoms with van der Waals surface area (Å²) in [6.07, 6.45) is 5.20. The molecule has 1 aliphatic rings. The first kappa shape index (κ1) is 27.2. The fraction of sp³-hybridized carbons (Fsp3) is 0.259. The van der Waals surface area contributed by atoms with Gasteiger partial charge in [-0.1, -0.05) is 42.5 Å². The summed E-state index contributed by atoms with van der Waals surface area (Å²) in [6, 6.07) is 24.5. The van der Waals surface area contributed by atoms with Gasteiger partial charge in [0.05, 0.1) is 11.2 Å². The van der Waals surface area contributed by atoms with Crippen molar-refractivity contribution in [1.82, 2.24) is 10.6 Å². The van der Waals surface area contributed by atoms with Crippen molar-refractivity contribution < 1.29 is 12.8 Å². The second kappa shape index (κ2) is 11.6. The zero-order chi connectivity index (χ0) is 22.8. The number of furan rings is 1. The predicted octanol–water partition coefficient (Wildman–Crippen LogP) is 5.93. The molecule has 5 rings (SSSR count). The Hall–Kier alpha value is -2.35. The van der Waals surface area contributed by atoms with Gasteiger partial charge in [-0.15, -0.1) is 24.8 Å². The standard InChI is InChI=1S/C27H28N2O3S.2ClH/c1-33(30,31)24-11-9-19(10-12-24)22-16-21-13-15-32-27(21)23(17-22)18-29-25-8-5-14-28-26(25)20-6-3-2-4-7-20;;/h2-4,6-7,9-13,15-17,25-26,28-29H,5,8,14,18H2,1H3;2*1H/t25-,26-;;/m0../s1. The molecule has 1 fully saturated rings. The van der Waals surface area contributed by atoms with Crippen molar-refractivity contribution >= 4 is 45.6 Å². The van der Waals surface area contributed by atoms with Gasteiger partial charge in [-0.25, -0.2) is 8.42 Å². The van der Waals surface area contributed by atoms with E-state index in [0.717, 1.165) is 47.0 Å². The summed E-state index contributed by atoms with van der Waals surface area (Å²) in [5.41, 5.74) is 5.31. The van der Waals surface area contributed by atoms with E-state index in [2.05, 4.69) is 53.1 Å². The summed E-state index contributed by atoms with van der Waals surface area (Å²) in [4.78, 5) is 0.328. The molecule has 5 nitrogen and oxygen atoms in total. The molecule has 2 heterocycles. The molecule has 0 spiro atoms. The third-order valence-corrected chi connectivity index (χ3v) is 7.54. The molecule has 3 aromatic carbocycles. The van der Waals surface area contributed by atoms with Crippen LogP contribution >= 0.6 is 24.8 Å². The van der Waals surface area contributed by atoms with Crippen molar-refractivity contribution in [3.63, 3.8) is 0 Å². The molecule has 8 heteroatoms. The number of hydrogen-bond acceptors (Lipinski definition) is 5. The van der Waals surface area contributed by atoms with E-state index < -0.39 is 9.84 Å². The van der Waals surface area contributed by atoms with Crippen molar-refractivity contribution in [2.24, 2.45) is 0 Å². The fourth-order valence-electron chi connectivity index (χ4n) is 4.71. The Morgan fingerprint density at radius 1 is 0.971 bits per heavy atom. The van der Waals surface area contributed by atoms with Gasteiger partial charge in [0.1, 0.15) is 5.58 Å². The number of piperidine rings is 1. The third-order valence-electron chi connectivity index (χ3n) is 6.42. The van der Waals surface area contributed by atoms with Crippen molar-refractivity contribution in [2.45, 2.75) is 36.4 Å². The average Bonchev–Trinajstić information content (AvgIpc) is 3.32. The first-order valence-corrected chi connectivity index (χ1v) is 13.2. The topological polar surface area (TPSA) is 71.3 Å². The monoisotopic (exact) mass is 532 g/mol. The second-order valence-electron chi connectivity index (χ2n) is 8.74. The number of hydrogen-bond donors (Lipinski definition) is 2. The highest BCUT2D eigenvalue weighted by molar-refractivity contribution is 7.90. The highest BCUT2D eigenvalue weighted by atomic mass is 35.5. The van der Waals surface area contributed by atoms with Gasteiger partial charge in [0, 0.05) is 35.8 Å². The Balaban J connectivity index is 0.00000171. The summed E-state index contributed by atoms with van der Waals surface area (Å²) in [7, 11) is -3.22. The number of halogens is 2. The van der Waals surface area contributed by atoms with Crippen LogP contribution in [0, 0.1) is 0 Å². The van der Waals surface area contributed by atoms with Crippen molar-refractivity contribution in [3.8, 4) is 11.1 Å². The van der Waals surface area contributed by atoms with Crippen LogP contribution in [0.3, 0.4) is 0 Å². The molecular weight excluding hydrogens is 503 g/mol.